The molecule has 3 rings (SSSR count). The summed E-state index contributed by atoms with van der Waals surface area (Å²) >= 11 is 0. The molecule has 1 aromatic heterocycles. The van der Waals surface area contributed by atoms with E-state index in [1.807, 2.05) is 0 Å². The Morgan fingerprint density at radius 1 is 0.875 bits per heavy atom. The van der Waals surface area contributed by atoms with Crippen molar-refractivity contribution in [1.29, 1.82) is 0 Å². The number of aryl methyl sites for hydroxylation is 1. The molecular weight excluding hydrogens is 953 g/mol. The topological polar surface area (TPSA) is 90.9 Å². The van der Waals surface area contributed by atoms with Crippen LogP contribution in [-0.2, 0) is 0 Å². The van der Waals surface area contributed by atoms with Crippen molar-refractivity contribution in [3.8, 4) is 28.4 Å². The molecule has 0 saturated heterocycles. The third kappa shape index (κ3) is 5.21. The normalized spacial score (nSPS) is 9.54. The SMILES string of the molecule is Cc1c(-c2ccc(O)cc2O)c(=O)oc2cc(O)ccc12.[Ac].[Ac].[Ac]. The number of rotatable bonds is 1. The summed E-state index contributed by atoms with van der Waals surface area (Å²) in [5.74, 6) is -0.294. The fourth-order valence-corrected chi connectivity index (χ4v) is 2.39. The van der Waals surface area contributed by atoms with Gasteiger partial charge in [0.05, 0.1) is 5.56 Å². The maximum Gasteiger partial charge on any atom is 0.344 e. The van der Waals surface area contributed by atoms with Crippen LogP contribution in [0.3, 0.4) is 0 Å². The van der Waals surface area contributed by atoms with Gasteiger partial charge in [0.2, 0.25) is 0 Å². The van der Waals surface area contributed by atoms with Crippen molar-refractivity contribution in [2.24, 2.45) is 0 Å². The Morgan fingerprint density at radius 2 is 1.46 bits per heavy atom. The van der Waals surface area contributed by atoms with E-state index < -0.39 is 5.63 Å². The Bertz CT molecular complexity index is 921. The summed E-state index contributed by atoms with van der Waals surface area (Å²) in [7, 11) is 0. The molecule has 3 aromatic rings. The fourth-order valence-electron chi connectivity index (χ4n) is 2.39. The first-order valence-corrected chi connectivity index (χ1v) is 6.26. The molecule has 0 fully saturated rings. The van der Waals surface area contributed by atoms with Crippen molar-refractivity contribution < 1.29 is 152 Å². The predicted octanol–water partition coefficient (Wildman–Crippen LogP) is 2.89. The van der Waals surface area contributed by atoms with Gasteiger partial charge in [-0.2, -0.15) is 0 Å². The molecule has 0 aliphatic heterocycles. The van der Waals surface area contributed by atoms with Crippen molar-refractivity contribution >= 4 is 11.0 Å². The smallest absolute Gasteiger partial charge is 0.344 e. The second kappa shape index (κ2) is 10.6. The third-order valence-corrected chi connectivity index (χ3v) is 3.40. The van der Waals surface area contributed by atoms with E-state index in [2.05, 4.69) is 0 Å². The van der Waals surface area contributed by atoms with E-state index >= 15 is 0 Å². The Kier molecular flexibility index (Phi) is 11.3. The van der Waals surface area contributed by atoms with Crippen LogP contribution in [0.4, 0.5) is 0 Å². The van der Waals surface area contributed by atoms with E-state index in [0.717, 1.165) is 6.07 Å². The molecule has 115 valence electrons. The summed E-state index contributed by atoms with van der Waals surface area (Å²) < 4.78 is 5.20. The van der Waals surface area contributed by atoms with E-state index in [4.69, 9.17) is 4.42 Å². The second-order valence-corrected chi connectivity index (χ2v) is 4.77. The minimum absolute atomic E-state index is 0. The van der Waals surface area contributed by atoms with E-state index in [-0.39, 0.29) is 166 Å². The molecule has 24 heavy (non-hydrogen) atoms. The third-order valence-electron chi connectivity index (χ3n) is 3.40. The Labute approximate surface area is 245 Å². The Hall–Kier alpha value is 1.37. The van der Waals surface area contributed by atoms with Crippen LogP contribution in [0.1, 0.15) is 5.56 Å². The quantitative estimate of drug-likeness (QED) is 0.327. The summed E-state index contributed by atoms with van der Waals surface area (Å²) in [6.07, 6.45) is 0. The molecule has 0 aliphatic carbocycles. The maximum absolute atomic E-state index is 12.2. The number of benzene rings is 2. The molecule has 1 heterocycles. The van der Waals surface area contributed by atoms with Crippen LogP contribution < -0.4 is 5.63 Å². The minimum atomic E-state index is -0.619. The number of phenolic OH excluding ortho intramolecular Hbond substituents is 3. The van der Waals surface area contributed by atoms with Crippen molar-refractivity contribution in [1.82, 2.24) is 0 Å². The number of aromatic hydroxyl groups is 3. The second-order valence-electron chi connectivity index (χ2n) is 4.77. The number of fused-ring (bicyclic) bond motifs is 1. The van der Waals surface area contributed by atoms with Crippen molar-refractivity contribution in [3.63, 3.8) is 0 Å². The summed E-state index contributed by atoms with van der Waals surface area (Å²) in [6, 6.07) is 8.50. The molecule has 5 nitrogen and oxygen atoms in total. The van der Waals surface area contributed by atoms with Gasteiger partial charge >= 0.3 is 5.63 Å². The molecule has 0 aliphatic rings. The van der Waals surface area contributed by atoms with Gasteiger partial charge < -0.3 is 19.7 Å². The summed E-state index contributed by atoms with van der Waals surface area (Å²) in [5.41, 5.74) is 0.799. The zero-order valence-electron chi connectivity index (χ0n) is 12.9. The average Bonchev–Trinajstić information content (AvgIpc) is 2.40. The van der Waals surface area contributed by atoms with Gasteiger partial charge in [-0.15, -0.1) is 0 Å². The van der Waals surface area contributed by atoms with Gasteiger partial charge in [-0.1, -0.05) is 0 Å². The number of hydrogen-bond donors (Lipinski definition) is 3. The first-order valence-electron chi connectivity index (χ1n) is 6.26. The molecule has 0 saturated carbocycles. The van der Waals surface area contributed by atoms with E-state index in [0.29, 0.717) is 10.9 Å². The van der Waals surface area contributed by atoms with Gasteiger partial charge in [0.25, 0.3) is 0 Å². The molecule has 0 bridgehead atoms. The molecule has 2 aromatic carbocycles. The van der Waals surface area contributed by atoms with Crippen molar-refractivity contribution in [2.45, 2.75) is 6.92 Å². The molecule has 0 atom stereocenters. The molecule has 3 radical (unpaired) electrons. The minimum Gasteiger partial charge on any atom is -0.508 e. The summed E-state index contributed by atoms with van der Waals surface area (Å²) in [4.78, 5) is 12.2. The Balaban J connectivity index is 0.00000176. The van der Waals surface area contributed by atoms with Crippen LogP contribution in [0.15, 0.2) is 45.6 Å². The van der Waals surface area contributed by atoms with Gasteiger partial charge in [-0.3, -0.25) is 0 Å². The average molecular weight is 965 g/mol. The molecule has 0 unspecified atom stereocenters. The molecule has 3 N–H and O–H groups in total. The maximum atomic E-state index is 12.2. The fraction of sp³-hybridized carbons (Fsp3) is 0.0625. The van der Waals surface area contributed by atoms with Gasteiger partial charge in [0.15, 0.2) is 0 Å². The van der Waals surface area contributed by atoms with Gasteiger partial charge in [-0.05, 0) is 36.8 Å². The van der Waals surface area contributed by atoms with Gasteiger partial charge in [0, 0.05) is 155 Å². The van der Waals surface area contributed by atoms with Gasteiger partial charge in [0.1, 0.15) is 22.8 Å². The van der Waals surface area contributed by atoms with Crippen molar-refractivity contribution in [2.75, 3.05) is 0 Å². The van der Waals surface area contributed by atoms with Crippen LogP contribution >= 0.6 is 0 Å². The molecule has 0 amide bonds. The van der Waals surface area contributed by atoms with Crippen LogP contribution in [0, 0.1) is 139 Å². The molecular formula is C16H12Ac3O5. The van der Waals surface area contributed by atoms with Gasteiger partial charge in [-0.25, -0.2) is 4.79 Å². The van der Waals surface area contributed by atoms with E-state index in [1.165, 1.54) is 24.3 Å². The molecule has 0 spiro atoms. The van der Waals surface area contributed by atoms with Crippen LogP contribution in [0.2, 0.25) is 0 Å². The van der Waals surface area contributed by atoms with E-state index in [9.17, 15) is 20.1 Å². The van der Waals surface area contributed by atoms with E-state index in [1.54, 1.807) is 13.0 Å². The first kappa shape index (κ1) is 25.4. The van der Waals surface area contributed by atoms with Crippen molar-refractivity contribution in [3.05, 3.63) is 52.4 Å². The van der Waals surface area contributed by atoms with Crippen LogP contribution in [0.25, 0.3) is 22.1 Å². The molecule has 8 heteroatoms. The monoisotopic (exact) mass is 965 g/mol. The van der Waals surface area contributed by atoms with Crippen LogP contribution in [-0.4, -0.2) is 15.3 Å². The predicted molar refractivity (Wildman–Crippen MR) is 77.7 cm³/mol. The standard InChI is InChI=1S/C16H12O5.3Ac/c1-8-11-4-2-10(18)7-14(11)21-16(20)15(8)12-5-3-9(17)6-13(12)19;;;/h2-7,17-19H,1H3;;;. The Morgan fingerprint density at radius 3 is 2.08 bits per heavy atom. The zero-order chi connectivity index (χ0) is 15.1. The number of hydrogen-bond acceptors (Lipinski definition) is 5. The van der Waals surface area contributed by atoms with Crippen LogP contribution in [0.5, 0.6) is 17.2 Å². The first-order chi connectivity index (χ1) is 9.97. The zero-order valence-corrected chi connectivity index (χ0v) is 27.1. The summed E-state index contributed by atoms with van der Waals surface area (Å²) in [6.45, 7) is 1.73. The largest absolute Gasteiger partial charge is 0.508 e. The number of phenols is 3. The summed E-state index contributed by atoms with van der Waals surface area (Å²) in [5, 5.41) is 29.4.